The third kappa shape index (κ3) is 3.38. The van der Waals surface area contributed by atoms with Crippen LogP contribution < -0.4 is 0 Å². The topological polar surface area (TPSA) is 27.1 Å². The van der Waals surface area contributed by atoms with E-state index in [-0.39, 0.29) is 5.82 Å². The molecule has 0 unspecified atom stereocenters. The largest absolute Gasteiger partial charge is 0.377 e. The predicted molar refractivity (Wildman–Crippen MR) is 93.7 cm³/mol. The van der Waals surface area contributed by atoms with Crippen molar-refractivity contribution in [2.75, 3.05) is 7.11 Å². The minimum Gasteiger partial charge on any atom is -0.377 e. The Morgan fingerprint density at radius 1 is 1.26 bits per heavy atom. The Bertz CT molecular complexity index is 882. The molecule has 0 atom stereocenters. The summed E-state index contributed by atoms with van der Waals surface area (Å²) in [5.41, 5.74) is 2.22. The second-order valence-corrected chi connectivity index (χ2v) is 6.74. The maximum Gasteiger partial charge on any atom is 0.139 e. The van der Waals surface area contributed by atoms with Crippen molar-refractivity contribution in [1.82, 2.24) is 9.55 Å². The summed E-state index contributed by atoms with van der Waals surface area (Å²) in [6, 6.07) is 8.40. The molecule has 0 aliphatic rings. The number of rotatable bonds is 4. The Morgan fingerprint density at radius 3 is 2.78 bits per heavy atom. The van der Waals surface area contributed by atoms with Gasteiger partial charge in [0.05, 0.1) is 22.1 Å². The summed E-state index contributed by atoms with van der Waals surface area (Å²) in [6.07, 6.45) is 0. The first-order valence-electron chi connectivity index (χ1n) is 6.76. The highest BCUT2D eigenvalue weighted by Crippen LogP contribution is 2.27. The second-order valence-electron chi connectivity index (χ2n) is 5.04. The molecule has 0 aliphatic carbocycles. The summed E-state index contributed by atoms with van der Waals surface area (Å²) in [5, 5.41) is 1.22. The van der Waals surface area contributed by atoms with Gasteiger partial charge >= 0.3 is 0 Å². The van der Waals surface area contributed by atoms with Crippen molar-refractivity contribution < 1.29 is 9.13 Å². The van der Waals surface area contributed by atoms with E-state index in [2.05, 4.69) is 20.9 Å². The number of hydrogen-bond acceptors (Lipinski definition) is 2. The van der Waals surface area contributed by atoms with Crippen molar-refractivity contribution in [2.24, 2.45) is 0 Å². The molecule has 120 valence electrons. The Morgan fingerprint density at radius 2 is 2.04 bits per heavy atom. The molecule has 23 heavy (non-hydrogen) atoms. The van der Waals surface area contributed by atoms with E-state index in [0.29, 0.717) is 39.0 Å². The summed E-state index contributed by atoms with van der Waals surface area (Å²) in [7, 11) is 1.59. The SMILES string of the molecule is COCc1nc2cc(F)c(Br)cc2n1Cc1cc(Cl)ccc1Cl. The fourth-order valence-electron chi connectivity index (χ4n) is 2.42. The molecule has 0 saturated carbocycles. The average Bonchev–Trinajstić information content (AvgIpc) is 2.81. The number of halogens is 4. The van der Waals surface area contributed by atoms with Crippen molar-refractivity contribution in [3.8, 4) is 0 Å². The van der Waals surface area contributed by atoms with Crippen LogP contribution in [0.3, 0.4) is 0 Å². The van der Waals surface area contributed by atoms with E-state index in [0.717, 1.165) is 11.1 Å². The monoisotopic (exact) mass is 416 g/mol. The first kappa shape index (κ1) is 16.7. The van der Waals surface area contributed by atoms with Crippen LogP contribution in [0.1, 0.15) is 11.4 Å². The summed E-state index contributed by atoms with van der Waals surface area (Å²) >= 11 is 15.5. The molecule has 0 amide bonds. The number of fused-ring (bicyclic) bond motifs is 1. The highest BCUT2D eigenvalue weighted by atomic mass is 79.9. The Labute approximate surface area is 151 Å². The average molecular weight is 418 g/mol. The lowest BCUT2D eigenvalue weighted by Gasteiger charge is -2.11. The smallest absolute Gasteiger partial charge is 0.139 e. The van der Waals surface area contributed by atoms with Crippen LogP contribution in [0.5, 0.6) is 0 Å². The molecule has 0 aliphatic heterocycles. The van der Waals surface area contributed by atoms with Crippen LogP contribution in [0.15, 0.2) is 34.8 Å². The molecule has 1 heterocycles. The highest BCUT2D eigenvalue weighted by molar-refractivity contribution is 9.10. The highest BCUT2D eigenvalue weighted by Gasteiger charge is 2.15. The summed E-state index contributed by atoms with van der Waals surface area (Å²) in [6.45, 7) is 0.777. The van der Waals surface area contributed by atoms with Crippen LogP contribution in [0, 0.1) is 5.82 Å². The zero-order chi connectivity index (χ0) is 16.6. The molecule has 0 radical (unpaired) electrons. The number of aromatic nitrogens is 2. The zero-order valence-corrected chi connectivity index (χ0v) is 15.2. The van der Waals surface area contributed by atoms with Crippen molar-refractivity contribution in [2.45, 2.75) is 13.2 Å². The van der Waals surface area contributed by atoms with Crippen LogP contribution >= 0.6 is 39.1 Å². The first-order chi connectivity index (χ1) is 11.0. The van der Waals surface area contributed by atoms with Crippen LogP contribution in [0.4, 0.5) is 4.39 Å². The van der Waals surface area contributed by atoms with E-state index in [4.69, 9.17) is 27.9 Å². The van der Waals surface area contributed by atoms with E-state index < -0.39 is 0 Å². The van der Waals surface area contributed by atoms with Crippen molar-refractivity contribution in [3.05, 3.63) is 62.1 Å². The lowest BCUT2D eigenvalue weighted by atomic mass is 10.2. The summed E-state index contributed by atoms with van der Waals surface area (Å²) in [5.74, 6) is 0.336. The van der Waals surface area contributed by atoms with Gasteiger partial charge in [0.15, 0.2) is 0 Å². The normalized spacial score (nSPS) is 11.3. The molecule has 3 rings (SSSR count). The van der Waals surface area contributed by atoms with Gasteiger partial charge in [0.1, 0.15) is 18.2 Å². The van der Waals surface area contributed by atoms with Gasteiger partial charge in [-0.25, -0.2) is 9.37 Å². The van der Waals surface area contributed by atoms with Crippen LogP contribution in [0.25, 0.3) is 11.0 Å². The van der Waals surface area contributed by atoms with Crippen molar-refractivity contribution in [1.29, 1.82) is 0 Å². The molecule has 3 aromatic rings. The van der Waals surface area contributed by atoms with E-state index in [1.54, 1.807) is 25.3 Å². The van der Waals surface area contributed by atoms with Gasteiger partial charge in [0.25, 0.3) is 0 Å². The van der Waals surface area contributed by atoms with Crippen LogP contribution in [-0.2, 0) is 17.9 Å². The molecular weight excluding hydrogens is 406 g/mol. The number of benzene rings is 2. The third-order valence-corrected chi connectivity index (χ3v) is 4.69. The molecule has 1 aromatic heterocycles. The molecule has 0 spiro atoms. The Kier molecular flexibility index (Phi) is 4.92. The van der Waals surface area contributed by atoms with Crippen LogP contribution in [-0.4, -0.2) is 16.7 Å². The van der Waals surface area contributed by atoms with E-state index in [1.807, 2.05) is 10.6 Å². The number of hydrogen-bond donors (Lipinski definition) is 0. The number of methoxy groups -OCH3 is 1. The van der Waals surface area contributed by atoms with Gasteiger partial charge in [-0.2, -0.15) is 0 Å². The molecule has 0 fully saturated rings. The molecule has 0 bridgehead atoms. The van der Waals surface area contributed by atoms with Gasteiger partial charge in [0, 0.05) is 23.2 Å². The fraction of sp³-hybridized carbons (Fsp3) is 0.188. The first-order valence-corrected chi connectivity index (χ1v) is 8.31. The predicted octanol–water partition coefficient (Wildman–Crippen LogP) is 5.44. The van der Waals surface area contributed by atoms with Gasteiger partial charge in [-0.3, -0.25) is 0 Å². The van der Waals surface area contributed by atoms with E-state index >= 15 is 0 Å². The van der Waals surface area contributed by atoms with Gasteiger partial charge < -0.3 is 9.30 Å². The van der Waals surface area contributed by atoms with Gasteiger partial charge in [-0.15, -0.1) is 0 Å². The fourth-order valence-corrected chi connectivity index (χ4v) is 3.12. The number of imidazole rings is 1. The Balaban J connectivity index is 2.15. The Hall–Kier alpha value is -1.14. The summed E-state index contributed by atoms with van der Waals surface area (Å²) in [4.78, 5) is 4.45. The third-order valence-electron chi connectivity index (χ3n) is 3.48. The summed E-state index contributed by atoms with van der Waals surface area (Å²) < 4.78 is 21.3. The minimum atomic E-state index is -0.355. The number of ether oxygens (including phenoxy) is 1. The van der Waals surface area contributed by atoms with E-state index in [9.17, 15) is 4.39 Å². The molecule has 0 saturated heterocycles. The number of nitrogens with zero attached hydrogens (tertiary/aromatic N) is 2. The molecule has 3 nitrogen and oxygen atoms in total. The van der Waals surface area contributed by atoms with Crippen molar-refractivity contribution in [3.63, 3.8) is 0 Å². The quantitative estimate of drug-likeness (QED) is 0.565. The lowest BCUT2D eigenvalue weighted by Crippen LogP contribution is -2.06. The maximum absolute atomic E-state index is 13.8. The van der Waals surface area contributed by atoms with Gasteiger partial charge in [-0.1, -0.05) is 23.2 Å². The standard InChI is InChI=1S/C16H12BrCl2FN2O/c1-23-8-16-21-14-6-13(20)11(17)5-15(14)22(16)7-9-4-10(18)2-3-12(9)19/h2-6H,7-8H2,1H3. The molecule has 2 aromatic carbocycles. The molecular formula is C16H12BrCl2FN2O. The minimum absolute atomic E-state index is 0.312. The lowest BCUT2D eigenvalue weighted by molar-refractivity contribution is 0.175. The zero-order valence-electron chi connectivity index (χ0n) is 12.1. The van der Waals surface area contributed by atoms with Crippen molar-refractivity contribution >= 4 is 50.2 Å². The van der Waals surface area contributed by atoms with E-state index in [1.165, 1.54) is 6.07 Å². The second kappa shape index (κ2) is 6.77. The van der Waals surface area contributed by atoms with Gasteiger partial charge in [-0.05, 0) is 45.8 Å². The molecule has 0 N–H and O–H groups in total. The van der Waals surface area contributed by atoms with Crippen LogP contribution in [0.2, 0.25) is 10.0 Å². The molecule has 7 heteroatoms. The van der Waals surface area contributed by atoms with Gasteiger partial charge in [0.2, 0.25) is 0 Å². The maximum atomic E-state index is 13.8.